The number of thioether (sulfide) groups is 1. The Morgan fingerprint density at radius 1 is 1.24 bits per heavy atom. The fourth-order valence-corrected chi connectivity index (χ4v) is 9.39. The van der Waals surface area contributed by atoms with Gasteiger partial charge in [0.1, 0.15) is 6.04 Å². The summed E-state index contributed by atoms with van der Waals surface area (Å²) < 4.78 is -0.633. The first-order valence-electron chi connectivity index (χ1n) is 11.6. The Bertz CT molecular complexity index is 960. The maximum atomic E-state index is 13.8. The molecule has 1 spiro atoms. The van der Waals surface area contributed by atoms with Crippen LogP contribution in [-0.4, -0.2) is 68.8 Å². The molecule has 3 aliphatic rings. The quantitative estimate of drug-likeness (QED) is 0.349. The fourth-order valence-electron chi connectivity index (χ4n) is 5.78. The number of aliphatic hydroxyl groups is 1. The van der Waals surface area contributed by atoms with Gasteiger partial charge in [-0.3, -0.25) is 14.4 Å². The first-order valence-corrected chi connectivity index (χ1v) is 13.4. The van der Waals surface area contributed by atoms with E-state index >= 15 is 0 Å². The van der Waals surface area contributed by atoms with E-state index in [9.17, 15) is 14.4 Å². The molecule has 4 rings (SSSR count). The van der Waals surface area contributed by atoms with Crippen molar-refractivity contribution < 1.29 is 19.5 Å². The van der Waals surface area contributed by atoms with Crippen LogP contribution in [0.5, 0.6) is 0 Å². The molecule has 0 saturated carbocycles. The van der Waals surface area contributed by atoms with Crippen molar-refractivity contribution in [2.75, 3.05) is 25.5 Å². The molecule has 1 aromatic rings. The topological polar surface area (TPSA) is 98.7 Å². The van der Waals surface area contributed by atoms with Gasteiger partial charge in [-0.05, 0) is 56.7 Å². The van der Waals surface area contributed by atoms with Crippen molar-refractivity contribution in [3.63, 3.8) is 0 Å². The molecule has 7 nitrogen and oxygen atoms in total. The predicted molar refractivity (Wildman–Crippen MR) is 133 cm³/mol. The van der Waals surface area contributed by atoms with Crippen LogP contribution in [0, 0.1) is 25.7 Å². The number of fused-ring (bicyclic) bond motifs is 1. The normalized spacial score (nSPS) is 32.2. The minimum atomic E-state index is -0.645. The summed E-state index contributed by atoms with van der Waals surface area (Å²) in [6.45, 7) is 4.49. The summed E-state index contributed by atoms with van der Waals surface area (Å²) >= 11 is 5.40. The van der Waals surface area contributed by atoms with Crippen molar-refractivity contribution in [1.82, 2.24) is 10.2 Å². The first kappa shape index (κ1) is 24.5. The van der Waals surface area contributed by atoms with E-state index in [2.05, 4.69) is 26.6 Å². The average molecular weight is 539 g/mol. The Morgan fingerprint density at radius 2 is 2.00 bits per heavy atom. The summed E-state index contributed by atoms with van der Waals surface area (Å²) in [6, 6.07) is 5.29. The maximum Gasteiger partial charge on any atom is 0.248 e. The highest BCUT2D eigenvalue weighted by Crippen LogP contribution is 2.67. The number of rotatable bonds is 8. The second-order valence-electron chi connectivity index (χ2n) is 9.40. The monoisotopic (exact) mass is 537 g/mol. The van der Waals surface area contributed by atoms with Crippen LogP contribution in [0.1, 0.15) is 36.8 Å². The molecule has 33 heavy (non-hydrogen) atoms. The van der Waals surface area contributed by atoms with Crippen LogP contribution in [0.25, 0.3) is 0 Å². The summed E-state index contributed by atoms with van der Waals surface area (Å²) in [5, 5.41) is 14.9. The van der Waals surface area contributed by atoms with Gasteiger partial charge in [-0.15, -0.1) is 11.8 Å². The molecule has 3 aliphatic heterocycles. The number of benzene rings is 1. The number of amides is 3. The Hall–Kier alpha value is -1.58. The zero-order valence-corrected chi connectivity index (χ0v) is 21.7. The molecule has 6 atom stereocenters. The number of alkyl halides is 1. The van der Waals surface area contributed by atoms with E-state index < -0.39 is 22.6 Å². The van der Waals surface area contributed by atoms with Crippen LogP contribution in [-0.2, 0) is 14.4 Å². The molecular formula is C24H32BrN3O4S. The largest absolute Gasteiger partial charge is 0.396 e. The molecule has 3 saturated heterocycles. The molecule has 180 valence electrons. The second kappa shape index (κ2) is 9.58. The van der Waals surface area contributed by atoms with E-state index in [4.69, 9.17) is 5.11 Å². The van der Waals surface area contributed by atoms with E-state index in [1.54, 1.807) is 23.7 Å². The SMILES string of the molecule is CNC(=O)[C@H]1[C@@H]2SC3(CC2Br)C(C(=O)Nc2cc(C)ccc2C)N(CCCCCO)C(=O)[C@H]13. The van der Waals surface area contributed by atoms with Crippen LogP contribution in [0.3, 0.4) is 0 Å². The van der Waals surface area contributed by atoms with Gasteiger partial charge < -0.3 is 20.6 Å². The summed E-state index contributed by atoms with van der Waals surface area (Å²) in [7, 11) is 1.60. The fraction of sp³-hybridized carbons (Fsp3) is 0.625. The molecule has 3 amide bonds. The third-order valence-electron chi connectivity index (χ3n) is 7.29. The molecule has 9 heteroatoms. The summed E-state index contributed by atoms with van der Waals surface area (Å²) in [5.41, 5.74) is 2.77. The van der Waals surface area contributed by atoms with Gasteiger partial charge in [0.2, 0.25) is 17.7 Å². The molecule has 3 fully saturated rings. The summed E-state index contributed by atoms with van der Waals surface area (Å²) in [5.74, 6) is -1.37. The summed E-state index contributed by atoms with van der Waals surface area (Å²) in [4.78, 5) is 42.2. The number of aliphatic hydroxyl groups excluding tert-OH is 1. The van der Waals surface area contributed by atoms with E-state index in [0.29, 0.717) is 25.8 Å². The van der Waals surface area contributed by atoms with Crippen molar-refractivity contribution >= 4 is 51.1 Å². The van der Waals surface area contributed by atoms with Crippen LogP contribution in [0.15, 0.2) is 18.2 Å². The predicted octanol–water partition coefficient (Wildman–Crippen LogP) is 2.62. The average Bonchev–Trinajstić information content (AvgIpc) is 3.37. The van der Waals surface area contributed by atoms with E-state index in [1.807, 2.05) is 32.0 Å². The Morgan fingerprint density at radius 3 is 2.70 bits per heavy atom. The molecule has 0 aliphatic carbocycles. The third-order valence-corrected chi connectivity index (χ3v) is 10.5. The number of hydrogen-bond acceptors (Lipinski definition) is 5. The molecule has 3 heterocycles. The second-order valence-corrected chi connectivity index (χ2v) is 12.1. The van der Waals surface area contributed by atoms with E-state index in [0.717, 1.165) is 23.2 Å². The van der Waals surface area contributed by atoms with Crippen LogP contribution in [0.2, 0.25) is 0 Å². The van der Waals surface area contributed by atoms with Gasteiger partial charge in [-0.2, -0.15) is 0 Å². The maximum absolute atomic E-state index is 13.8. The molecule has 2 bridgehead atoms. The zero-order chi connectivity index (χ0) is 23.9. The molecule has 3 N–H and O–H groups in total. The van der Waals surface area contributed by atoms with Crippen molar-refractivity contribution in [1.29, 1.82) is 0 Å². The number of nitrogens with one attached hydrogen (secondary N) is 2. The van der Waals surface area contributed by atoms with Gasteiger partial charge >= 0.3 is 0 Å². The number of aryl methyl sites for hydroxylation is 2. The van der Waals surface area contributed by atoms with E-state index in [1.165, 1.54) is 0 Å². The lowest BCUT2D eigenvalue weighted by molar-refractivity contribution is -0.139. The zero-order valence-electron chi connectivity index (χ0n) is 19.3. The van der Waals surface area contributed by atoms with Crippen molar-refractivity contribution in [2.45, 2.75) is 60.4 Å². The van der Waals surface area contributed by atoms with Gasteiger partial charge in [0.15, 0.2) is 0 Å². The number of nitrogens with zero attached hydrogens (tertiary/aromatic N) is 1. The number of unbranched alkanes of at least 4 members (excludes halogenated alkanes) is 2. The summed E-state index contributed by atoms with van der Waals surface area (Å²) in [6.07, 6.45) is 2.82. The van der Waals surface area contributed by atoms with Gasteiger partial charge in [0, 0.05) is 36.0 Å². The van der Waals surface area contributed by atoms with Crippen molar-refractivity contribution in [3.05, 3.63) is 29.3 Å². The van der Waals surface area contributed by atoms with Gasteiger partial charge in [0.25, 0.3) is 0 Å². The molecule has 0 aromatic heterocycles. The van der Waals surface area contributed by atoms with Gasteiger partial charge in [-0.25, -0.2) is 0 Å². The van der Waals surface area contributed by atoms with Crippen LogP contribution >= 0.6 is 27.7 Å². The lowest BCUT2D eigenvalue weighted by atomic mass is 9.70. The first-order chi connectivity index (χ1) is 15.7. The van der Waals surface area contributed by atoms with Gasteiger partial charge in [0.05, 0.1) is 16.6 Å². The minimum absolute atomic E-state index is 0.0357. The lowest BCUT2D eigenvalue weighted by Gasteiger charge is -2.35. The number of anilines is 1. The smallest absolute Gasteiger partial charge is 0.248 e. The van der Waals surface area contributed by atoms with Crippen molar-refractivity contribution in [2.24, 2.45) is 11.8 Å². The Balaban J connectivity index is 1.69. The van der Waals surface area contributed by atoms with Crippen LogP contribution in [0.4, 0.5) is 5.69 Å². The molecule has 0 radical (unpaired) electrons. The number of carbonyl (C=O) groups is 3. The highest BCUT2D eigenvalue weighted by molar-refractivity contribution is 9.09. The molecular weight excluding hydrogens is 506 g/mol. The van der Waals surface area contributed by atoms with E-state index in [-0.39, 0.29) is 34.4 Å². The van der Waals surface area contributed by atoms with Crippen LogP contribution < -0.4 is 10.6 Å². The molecule has 3 unspecified atom stereocenters. The standard InChI is InChI=1S/C24H32BrN3O4S/c1-13-7-8-14(2)16(11-13)27-22(31)20-24-12-15(25)19(33-24)17(21(30)26-3)18(24)23(32)28(20)9-5-4-6-10-29/h7-8,11,15,17-20,29H,4-6,9-10,12H2,1-3H3,(H,26,30)(H,27,31)/t15?,17-,18+,19-,20?,24?/m1/s1. The highest BCUT2D eigenvalue weighted by atomic mass is 79.9. The lowest BCUT2D eigenvalue weighted by Crippen LogP contribution is -2.53. The Kier molecular flexibility index (Phi) is 7.13. The number of carbonyl (C=O) groups excluding carboxylic acids is 3. The third kappa shape index (κ3) is 4.10. The number of likely N-dealkylation sites (tertiary alicyclic amines) is 1. The minimum Gasteiger partial charge on any atom is -0.396 e. The number of halogens is 1. The highest BCUT2D eigenvalue weighted by Gasteiger charge is 2.75. The van der Waals surface area contributed by atoms with Crippen molar-refractivity contribution in [3.8, 4) is 0 Å². The Labute approximate surface area is 207 Å². The number of hydrogen-bond donors (Lipinski definition) is 3. The molecule has 1 aromatic carbocycles. The van der Waals surface area contributed by atoms with Gasteiger partial charge in [-0.1, -0.05) is 28.1 Å².